The number of rotatable bonds is 8. The second kappa shape index (κ2) is 17.6. The van der Waals surface area contributed by atoms with Crippen LogP contribution in [-0.2, 0) is 0 Å². The van der Waals surface area contributed by atoms with Crippen LogP contribution in [0.1, 0.15) is 32.1 Å². The van der Waals surface area contributed by atoms with E-state index in [1.165, 1.54) is 21.9 Å². The summed E-state index contributed by atoms with van der Waals surface area (Å²) in [5, 5.41) is 0.534. The lowest BCUT2D eigenvalue weighted by atomic mass is 10.2. The van der Waals surface area contributed by atoms with E-state index in [1.54, 1.807) is 31.0 Å². The van der Waals surface area contributed by atoms with Gasteiger partial charge in [0.2, 0.25) is 0 Å². The maximum atomic E-state index is 12.9. The number of allylic oxidation sites excluding steroid dienone is 3. The average molecular weight is 564 g/mol. The maximum absolute atomic E-state index is 12.9. The van der Waals surface area contributed by atoms with Crippen LogP contribution in [0.3, 0.4) is 0 Å². The fourth-order valence-corrected chi connectivity index (χ4v) is 4.14. The zero-order chi connectivity index (χ0) is 27.0. The topological polar surface area (TPSA) is 15.3 Å². The zero-order valence-electron chi connectivity index (χ0n) is 20.4. The molecule has 1 atom stereocenters. The van der Waals surface area contributed by atoms with Gasteiger partial charge in [0.15, 0.2) is 0 Å². The summed E-state index contributed by atoms with van der Waals surface area (Å²) in [4.78, 5) is 2.68. The lowest BCUT2D eigenvalue weighted by Crippen LogP contribution is -2.35. The number of alkyl halides is 4. The van der Waals surface area contributed by atoms with E-state index < -0.39 is 18.0 Å². The maximum Gasteiger partial charge on any atom is 0.392 e. The molecular formula is C26H31Cl2F3N2S2. The third-order valence-electron chi connectivity index (χ3n) is 4.06. The Hall–Kier alpha value is -1.82. The molecule has 192 valence electrons. The largest absolute Gasteiger partial charge is 0.392 e. The van der Waals surface area contributed by atoms with Gasteiger partial charge >= 0.3 is 6.18 Å². The second-order valence-corrected chi connectivity index (χ2v) is 9.00. The summed E-state index contributed by atoms with van der Waals surface area (Å²) in [7, 11) is 1.57. The molecule has 0 spiro atoms. The Balaban J connectivity index is 0.00000174. The predicted octanol–water partition coefficient (Wildman–Crippen LogP) is 9.41. The van der Waals surface area contributed by atoms with Crippen molar-refractivity contribution >= 4 is 52.0 Å². The number of benzene rings is 1. The van der Waals surface area contributed by atoms with Crippen LogP contribution in [0.25, 0.3) is 16.1 Å². The molecular weight excluding hydrogens is 532 g/mol. The first-order valence-electron chi connectivity index (χ1n) is 10.6. The highest BCUT2D eigenvalue weighted by Gasteiger charge is 2.28. The van der Waals surface area contributed by atoms with Crippen LogP contribution in [0.15, 0.2) is 71.3 Å². The van der Waals surface area contributed by atoms with Crippen LogP contribution in [0.5, 0.6) is 0 Å². The number of thiophene rings is 1. The van der Waals surface area contributed by atoms with E-state index in [2.05, 4.69) is 17.9 Å². The van der Waals surface area contributed by atoms with Gasteiger partial charge in [0.05, 0.1) is 22.7 Å². The van der Waals surface area contributed by atoms with Gasteiger partial charge in [-0.1, -0.05) is 56.2 Å². The van der Waals surface area contributed by atoms with E-state index in [-0.39, 0.29) is 5.70 Å². The van der Waals surface area contributed by atoms with Gasteiger partial charge in [0.1, 0.15) is 5.38 Å². The molecule has 0 saturated heterocycles. The van der Waals surface area contributed by atoms with E-state index in [1.807, 2.05) is 57.4 Å². The normalized spacial score (nSPS) is 12.1. The third kappa shape index (κ3) is 11.6. The van der Waals surface area contributed by atoms with Crippen molar-refractivity contribution in [2.45, 2.75) is 43.6 Å². The minimum absolute atomic E-state index is 0.268. The van der Waals surface area contributed by atoms with Gasteiger partial charge in [-0.25, -0.2) is 5.43 Å². The zero-order valence-corrected chi connectivity index (χ0v) is 23.6. The van der Waals surface area contributed by atoms with Crippen molar-refractivity contribution in [2.75, 3.05) is 13.3 Å². The molecule has 0 radical (unpaired) electrons. The van der Waals surface area contributed by atoms with E-state index in [4.69, 9.17) is 29.6 Å². The summed E-state index contributed by atoms with van der Waals surface area (Å²) < 4.78 is 38.7. The Bertz CT molecular complexity index is 1000. The molecule has 1 aromatic heterocycles. The number of nitrogens with one attached hydrogen (secondary N) is 1. The van der Waals surface area contributed by atoms with Gasteiger partial charge in [-0.15, -0.1) is 41.1 Å². The highest BCUT2D eigenvalue weighted by Crippen LogP contribution is 2.36. The fourth-order valence-electron chi connectivity index (χ4n) is 2.55. The van der Waals surface area contributed by atoms with Crippen molar-refractivity contribution in [1.29, 1.82) is 0 Å². The lowest BCUT2D eigenvalue weighted by Gasteiger charge is -2.28. The van der Waals surface area contributed by atoms with Gasteiger partial charge in [-0.2, -0.15) is 13.2 Å². The van der Waals surface area contributed by atoms with Gasteiger partial charge in [0.25, 0.3) is 0 Å². The molecule has 2 nitrogen and oxygen atoms in total. The summed E-state index contributed by atoms with van der Waals surface area (Å²) in [6.45, 7) is 9.71. The molecule has 0 saturated carbocycles. The van der Waals surface area contributed by atoms with E-state index in [9.17, 15) is 13.2 Å². The molecule has 0 aliphatic carbocycles. The van der Waals surface area contributed by atoms with Crippen LogP contribution in [0.2, 0.25) is 0 Å². The average Bonchev–Trinajstić information content (AvgIpc) is 3.36. The SMILES string of the molecule is C#CC(Cl)C(=C)N(NC)/C(=C\CC(F)(F)F)c1ccc(-c2cccc(SC)c2)s1.C/C=C/Cl.CC. The number of halogens is 5. The quantitative estimate of drug-likeness (QED) is 0.149. The summed E-state index contributed by atoms with van der Waals surface area (Å²) >= 11 is 14.1. The minimum Gasteiger partial charge on any atom is -0.278 e. The Morgan fingerprint density at radius 3 is 2.43 bits per heavy atom. The highest BCUT2D eigenvalue weighted by atomic mass is 35.5. The molecule has 2 rings (SSSR count). The van der Waals surface area contributed by atoms with Crippen molar-refractivity contribution in [1.82, 2.24) is 10.4 Å². The summed E-state index contributed by atoms with van der Waals surface area (Å²) in [6.07, 6.45) is 4.79. The standard InChI is InChI=1S/C21H20ClF3N2S2.C3H5Cl.C2H6/c1-5-17(22)14(2)27(26-3)18(11-12-21(23,24)25)20-10-9-19(29-20)15-7-6-8-16(13-15)28-4;1-2-3-4;1-2/h1,6-11,13,17,26H,2,12H2,3-4H3;2-3H,1H3;1-2H3/b18-11-;3-2+;. The van der Waals surface area contributed by atoms with Crippen molar-refractivity contribution in [3.05, 3.63) is 71.2 Å². The van der Waals surface area contributed by atoms with Crippen LogP contribution < -0.4 is 5.43 Å². The van der Waals surface area contributed by atoms with Crippen molar-refractivity contribution < 1.29 is 13.2 Å². The molecule has 0 fully saturated rings. The van der Waals surface area contributed by atoms with E-state index in [0.717, 1.165) is 21.4 Å². The molecule has 1 unspecified atom stereocenters. The fraction of sp³-hybridized carbons (Fsp3) is 0.308. The van der Waals surface area contributed by atoms with Crippen molar-refractivity contribution in [2.24, 2.45) is 0 Å². The van der Waals surface area contributed by atoms with E-state index in [0.29, 0.717) is 10.6 Å². The molecule has 0 amide bonds. The first-order chi connectivity index (χ1) is 16.6. The van der Waals surface area contributed by atoms with Gasteiger partial charge < -0.3 is 0 Å². The summed E-state index contributed by atoms with van der Waals surface area (Å²) in [6, 6.07) is 11.6. The highest BCUT2D eigenvalue weighted by molar-refractivity contribution is 7.98. The molecule has 1 aromatic carbocycles. The number of nitrogens with zero attached hydrogens (tertiary/aromatic N) is 1. The first kappa shape index (κ1) is 33.2. The molecule has 1 N–H and O–H groups in total. The van der Waals surface area contributed by atoms with Gasteiger partial charge in [-0.05, 0) is 54.6 Å². The monoisotopic (exact) mass is 562 g/mol. The minimum atomic E-state index is -4.34. The van der Waals surface area contributed by atoms with Crippen LogP contribution in [-0.4, -0.2) is 29.9 Å². The molecule has 1 heterocycles. The Kier molecular flexibility index (Phi) is 16.7. The Labute approximate surface area is 225 Å². The molecule has 2 aromatic rings. The number of hydrogen-bond acceptors (Lipinski definition) is 4. The number of terminal acetylenes is 1. The molecule has 9 heteroatoms. The summed E-state index contributed by atoms with van der Waals surface area (Å²) in [5.74, 6) is 2.34. The Morgan fingerprint density at radius 2 is 1.94 bits per heavy atom. The van der Waals surface area contributed by atoms with E-state index >= 15 is 0 Å². The number of hydrazine groups is 1. The Morgan fingerprint density at radius 1 is 1.31 bits per heavy atom. The molecule has 0 aliphatic rings. The van der Waals surface area contributed by atoms with Crippen LogP contribution in [0, 0.1) is 12.3 Å². The molecule has 0 aliphatic heterocycles. The first-order valence-corrected chi connectivity index (χ1v) is 13.5. The predicted molar refractivity (Wildman–Crippen MR) is 151 cm³/mol. The molecule has 0 bridgehead atoms. The van der Waals surface area contributed by atoms with Crippen LogP contribution in [0.4, 0.5) is 13.2 Å². The van der Waals surface area contributed by atoms with Gasteiger partial charge in [-0.3, -0.25) is 5.01 Å². The third-order valence-corrected chi connectivity index (χ3v) is 6.57. The lowest BCUT2D eigenvalue weighted by molar-refractivity contribution is -0.125. The van der Waals surface area contributed by atoms with Crippen molar-refractivity contribution in [3.63, 3.8) is 0 Å². The second-order valence-electron chi connectivity index (χ2n) is 6.34. The molecule has 35 heavy (non-hydrogen) atoms. The number of thioether (sulfide) groups is 1. The van der Waals surface area contributed by atoms with Crippen molar-refractivity contribution in [3.8, 4) is 22.8 Å². The van der Waals surface area contributed by atoms with Gasteiger partial charge in [0, 0.05) is 16.8 Å². The number of hydrogen-bond donors (Lipinski definition) is 1. The smallest absolute Gasteiger partial charge is 0.278 e. The summed E-state index contributed by atoms with van der Waals surface area (Å²) in [5.41, 5.74) is 5.88. The van der Waals surface area contributed by atoms with Crippen LogP contribution >= 0.6 is 46.3 Å².